The molecule has 0 amide bonds. The fraction of sp³-hybridized carbons (Fsp3) is 0.588. The van der Waals surface area contributed by atoms with Crippen LogP contribution in [0.2, 0.25) is 0 Å². The lowest BCUT2D eigenvalue weighted by Gasteiger charge is -2.28. The van der Waals surface area contributed by atoms with Gasteiger partial charge in [0.25, 0.3) is 0 Å². The molecule has 1 aliphatic heterocycles. The Kier molecular flexibility index (Phi) is 6.52. The van der Waals surface area contributed by atoms with Gasteiger partial charge in [-0.05, 0) is 44.0 Å². The Bertz CT molecular complexity index is 470. The SMILES string of the molecule is N#Cc1cccc(OCCCN2CCCCCC2CO)c1. The van der Waals surface area contributed by atoms with Gasteiger partial charge in [-0.2, -0.15) is 5.26 Å². The van der Waals surface area contributed by atoms with Crippen molar-refractivity contribution < 1.29 is 9.84 Å². The average molecular weight is 288 g/mol. The van der Waals surface area contributed by atoms with E-state index in [9.17, 15) is 5.11 Å². The predicted octanol–water partition coefficient (Wildman–Crippen LogP) is 2.56. The van der Waals surface area contributed by atoms with E-state index < -0.39 is 0 Å². The number of likely N-dealkylation sites (tertiary alicyclic amines) is 1. The molecule has 0 radical (unpaired) electrons. The van der Waals surface area contributed by atoms with Crippen molar-refractivity contribution in [1.29, 1.82) is 5.26 Å². The fourth-order valence-electron chi connectivity index (χ4n) is 2.85. The molecule has 1 unspecified atom stereocenters. The third-order valence-electron chi connectivity index (χ3n) is 4.03. The van der Waals surface area contributed by atoms with Gasteiger partial charge >= 0.3 is 0 Å². The van der Waals surface area contributed by atoms with E-state index in [1.54, 1.807) is 12.1 Å². The van der Waals surface area contributed by atoms with Crippen molar-refractivity contribution in [2.24, 2.45) is 0 Å². The molecule has 21 heavy (non-hydrogen) atoms. The summed E-state index contributed by atoms with van der Waals surface area (Å²) in [6, 6.07) is 9.68. The van der Waals surface area contributed by atoms with Gasteiger partial charge in [0.05, 0.1) is 24.8 Å². The van der Waals surface area contributed by atoms with Gasteiger partial charge in [0.2, 0.25) is 0 Å². The maximum absolute atomic E-state index is 9.48. The number of hydrogen-bond donors (Lipinski definition) is 1. The summed E-state index contributed by atoms with van der Waals surface area (Å²) in [6.07, 6.45) is 5.75. The summed E-state index contributed by atoms with van der Waals surface area (Å²) >= 11 is 0. The highest BCUT2D eigenvalue weighted by atomic mass is 16.5. The Morgan fingerprint density at radius 1 is 1.33 bits per heavy atom. The number of aliphatic hydroxyl groups is 1. The number of nitrogens with zero attached hydrogens (tertiary/aromatic N) is 2. The van der Waals surface area contributed by atoms with Gasteiger partial charge in [-0.15, -0.1) is 0 Å². The number of hydrogen-bond acceptors (Lipinski definition) is 4. The molecule has 1 saturated heterocycles. The minimum absolute atomic E-state index is 0.255. The van der Waals surface area contributed by atoms with E-state index in [4.69, 9.17) is 10.00 Å². The van der Waals surface area contributed by atoms with E-state index in [1.807, 2.05) is 12.1 Å². The Labute approximate surface area is 127 Å². The second-order valence-electron chi connectivity index (χ2n) is 5.56. The molecule has 0 aromatic heterocycles. The highest BCUT2D eigenvalue weighted by Crippen LogP contribution is 2.17. The highest BCUT2D eigenvalue weighted by Gasteiger charge is 2.19. The molecular weight excluding hydrogens is 264 g/mol. The van der Waals surface area contributed by atoms with Crippen LogP contribution in [0.3, 0.4) is 0 Å². The van der Waals surface area contributed by atoms with E-state index in [2.05, 4.69) is 11.0 Å². The summed E-state index contributed by atoms with van der Waals surface area (Å²) < 4.78 is 5.70. The number of benzene rings is 1. The second kappa shape index (κ2) is 8.66. The van der Waals surface area contributed by atoms with Crippen LogP contribution in [0, 0.1) is 11.3 Å². The summed E-state index contributed by atoms with van der Waals surface area (Å²) in [4.78, 5) is 2.39. The van der Waals surface area contributed by atoms with Crippen molar-refractivity contribution in [2.75, 3.05) is 26.3 Å². The van der Waals surface area contributed by atoms with Crippen LogP contribution in [0.1, 0.15) is 37.7 Å². The van der Waals surface area contributed by atoms with Crippen molar-refractivity contribution in [2.45, 2.75) is 38.1 Å². The first kappa shape index (κ1) is 15.8. The zero-order valence-electron chi connectivity index (χ0n) is 12.5. The van der Waals surface area contributed by atoms with Crippen LogP contribution in [-0.2, 0) is 0 Å². The van der Waals surface area contributed by atoms with Crippen molar-refractivity contribution in [3.63, 3.8) is 0 Å². The first-order chi connectivity index (χ1) is 10.3. The number of ether oxygens (including phenoxy) is 1. The molecule has 0 bridgehead atoms. The quantitative estimate of drug-likeness (QED) is 0.817. The summed E-state index contributed by atoms with van der Waals surface area (Å²) in [5, 5.41) is 18.3. The predicted molar refractivity (Wildman–Crippen MR) is 82.2 cm³/mol. The van der Waals surface area contributed by atoms with Crippen molar-refractivity contribution in [3.05, 3.63) is 29.8 Å². The molecule has 4 nitrogen and oxygen atoms in total. The number of aliphatic hydroxyl groups excluding tert-OH is 1. The second-order valence-corrected chi connectivity index (χ2v) is 5.56. The molecule has 0 saturated carbocycles. The van der Waals surface area contributed by atoms with Crippen molar-refractivity contribution in [1.82, 2.24) is 4.90 Å². The molecule has 1 N–H and O–H groups in total. The van der Waals surface area contributed by atoms with Crippen molar-refractivity contribution >= 4 is 0 Å². The van der Waals surface area contributed by atoms with E-state index >= 15 is 0 Å². The van der Waals surface area contributed by atoms with Gasteiger partial charge in [-0.25, -0.2) is 0 Å². The van der Waals surface area contributed by atoms with Crippen LogP contribution in [0.15, 0.2) is 24.3 Å². The number of rotatable bonds is 6. The molecular formula is C17H24N2O2. The summed E-state index contributed by atoms with van der Waals surface area (Å²) in [5.41, 5.74) is 0.625. The summed E-state index contributed by atoms with van der Waals surface area (Å²) in [7, 11) is 0. The molecule has 0 spiro atoms. The Hall–Kier alpha value is -1.57. The van der Waals surface area contributed by atoms with Crippen molar-refractivity contribution in [3.8, 4) is 11.8 Å². The lowest BCUT2D eigenvalue weighted by molar-refractivity contribution is 0.118. The van der Waals surface area contributed by atoms with E-state index in [0.29, 0.717) is 18.2 Å². The Morgan fingerprint density at radius 2 is 2.24 bits per heavy atom. The van der Waals surface area contributed by atoms with Gasteiger partial charge < -0.3 is 9.84 Å². The van der Waals surface area contributed by atoms with Crippen LogP contribution in [0.5, 0.6) is 5.75 Å². The molecule has 4 heteroatoms. The highest BCUT2D eigenvalue weighted by molar-refractivity contribution is 5.36. The van der Waals surface area contributed by atoms with Crippen LogP contribution < -0.4 is 4.74 Å². The molecule has 0 aliphatic carbocycles. The van der Waals surface area contributed by atoms with E-state index in [1.165, 1.54) is 19.3 Å². The maximum Gasteiger partial charge on any atom is 0.120 e. The van der Waals surface area contributed by atoms with Crippen LogP contribution in [0.4, 0.5) is 0 Å². The van der Waals surface area contributed by atoms with Gasteiger partial charge in [0, 0.05) is 12.6 Å². The van der Waals surface area contributed by atoms with Crippen LogP contribution in [0.25, 0.3) is 0 Å². The summed E-state index contributed by atoms with van der Waals surface area (Å²) in [5.74, 6) is 0.753. The fourth-order valence-corrected chi connectivity index (χ4v) is 2.85. The van der Waals surface area contributed by atoms with Crippen LogP contribution >= 0.6 is 0 Å². The average Bonchev–Trinajstić information content (AvgIpc) is 2.76. The van der Waals surface area contributed by atoms with Gasteiger partial charge in [0.15, 0.2) is 0 Å². The molecule has 1 atom stereocenters. The minimum Gasteiger partial charge on any atom is -0.494 e. The maximum atomic E-state index is 9.48. The van der Waals surface area contributed by atoms with Gasteiger partial charge in [-0.3, -0.25) is 4.90 Å². The van der Waals surface area contributed by atoms with E-state index in [0.717, 1.165) is 31.7 Å². The number of nitriles is 1. The minimum atomic E-state index is 0.255. The molecule has 1 aromatic rings. The Morgan fingerprint density at radius 3 is 3.05 bits per heavy atom. The third-order valence-corrected chi connectivity index (χ3v) is 4.03. The standard InChI is InChI=1S/C17H24N2O2/c18-13-15-6-4-8-17(12-15)21-11-5-10-19-9-3-1-2-7-16(19)14-20/h4,6,8,12,16,20H,1-3,5,7,9-11,14H2. The zero-order valence-corrected chi connectivity index (χ0v) is 12.5. The molecule has 1 fully saturated rings. The molecule has 1 heterocycles. The normalized spacial score (nSPS) is 19.7. The van der Waals surface area contributed by atoms with Gasteiger partial charge in [0.1, 0.15) is 5.75 Å². The smallest absolute Gasteiger partial charge is 0.120 e. The zero-order chi connectivity index (χ0) is 14.9. The first-order valence-electron chi connectivity index (χ1n) is 7.81. The molecule has 114 valence electrons. The molecule has 1 aliphatic rings. The lowest BCUT2D eigenvalue weighted by atomic mass is 10.1. The molecule has 2 rings (SSSR count). The van der Waals surface area contributed by atoms with E-state index in [-0.39, 0.29) is 6.61 Å². The van der Waals surface area contributed by atoms with Crippen LogP contribution in [-0.4, -0.2) is 42.4 Å². The largest absolute Gasteiger partial charge is 0.494 e. The van der Waals surface area contributed by atoms with Gasteiger partial charge in [-0.1, -0.05) is 18.9 Å². The third kappa shape index (κ3) is 5.04. The monoisotopic (exact) mass is 288 g/mol. The topological polar surface area (TPSA) is 56.5 Å². The Balaban J connectivity index is 1.74. The molecule has 1 aromatic carbocycles. The first-order valence-corrected chi connectivity index (χ1v) is 7.81. The lowest BCUT2D eigenvalue weighted by Crippen LogP contribution is -2.38. The summed E-state index contributed by atoms with van der Waals surface area (Å²) in [6.45, 7) is 2.94.